The van der Waals surface area contributed by atoms with Crippen molar-refractivity contribution in [1.82, 2.24) is 15.6 Å². The Morgan fingerprint density at radius 2 is 1.96 bits per heavy atom. The Labute approximate surface area is 165 Å². The predicted octanol–water partition coefficient (Wildman–Crippen LogP) is 2.93. The summed E-state index contributed by atoms with van der Waals surface area (Å²) >= 11 is 0. The van der Waals surface area contributed by atoms with Gasteiger partial charge in [0.05, 0.1) is 0 Å². The standard InChI is InChI=1S/C21H27N5O2/c1-3-22-20(27)16-7-8-18(15(2)14-16)25-21(28)24-17-9-12-26(13-10-17)19-6-4-5-11-23-19/h4-8,11,14,17H,3,9-10,12-13H2,1-2H3,(H,22,27)(H2,24,25,28). The maximum Gasteiger partial charge on any atom is 0.319 e. The zero-order chi connectivity index (χ0) is 19.9. The van der Waals surface area contributed by atoms with E-state index in [0.717, 1.165) is 37.3 Å². The fourth-order valence-corrected chi connectivity index (χ4v) is 3.35. The molecule has 0 spiro atoms. The van der Waals surface area contributed by atoms with Gasteiger partial charge in [0.1, 0.15) is 5.82 Å². The topological polar surface area (TPSA) is 86.4 Å². The van der Waals surface area contributed by atoms with Crippen LogP contribution in [0.1, 0.15) is 35.7 Å². The van der Waals surface area contributed by atoms with E-state index >= 15 is 0 Å². The zero-order valence-electron chi connectivity index (χ0n) is 16.4. The SMILES string of the molecule is CCNC(=O)c1ccc(NC(=O)NC2CCN(c3ccccn3)CC2)c(C)c1. The Bertz CT molecular complexity index is 817. The highest BCUT2D eigenvalue weighted by atomic mass is 16.2. The van der Waals surface area contributed by atoms with Crippen molar-refractivity contribution < 1.29 is 9.59 Å². The third kappa shape index (κ3) is 5.00. The number of carbonyl (C=O) groups excluding carboxylic acids is 2. The van der Waals surface area contributed by atoms with Gasteiger partial charge in [0.15, 0.2) is 0 Å². The number of benzene rings is 1. The number of hydrogen-bond acceptors (Lipinski definition) is 4. The summed E-state index contributed by atoms with van der Waals surface area (Å²) in [6, 6.07) is 11.1. The fourth-order valence-electron chi connectivity index (χ4n) is 3.35. The minimum atomic E-state index is -0.217. The quantitative estimate of drug-likeness (QED) is 0.743. The first kappa shape index (κ1) is 19.7. The van der Waals surface area contributed by atoms with Crippen LogP contribution in [0.4, 0.5) is 16.3 Å². The number of nitrogens with one attached hydrogen (secondary N) is 3. The lowest BCUT2D eigenvalue weighted by Gasteiger charge is -2.33. The first-order valence-electron chi connectivity index (χ1n) is 9.69. The van der Waals surface area contributed by atoms with E-state index in [4.69, 9.17) is 0 Å². The molecule has 7 heteroatoms. The number of aryl methyl sites for hydroxylation is 1. The van der Waals surface area contributed by atoms with E-state index < -0.39 is 0 Å². The molecule has 0 radical (unpaired) electrons. The summed E-state index contributed by atoms with van der Waals surface area (Å²) in [5.74, 6) is 0.870. The summed E-state index contributed by atoms with van der Waals surface area (Å²) in [4.78, 5) is 30.9. The highest BCUT2D eigenvalue weighted by molar-refractivity contribution is 5.96. The number of piperidine rings is 1. The van der Waals surface area contributed by atoms with Gasteiger partial charge in [-0.25, -0.2) is 9.78 Å². The van der Waals surface area contributed by atoms with Crippen molar-refractivity contribution in [3.05, 3.63) is 53.7 Å². The summed E-state index contributed by atoms with van der Waals surface area (Å²) in [5.41, 5.74) is 2.15. The summed E-state index contributed by atoms with van der Waals surface area (Å²) in [5, 5.41) is 8.71. The molecule has 2 heterocycles. The fraction of sp³-hybridized carbons (Fsp3) is 0.381. The van der Waals surface area contributed by atoms with Gasteiger partial charge in [0, 0.05) is 43.1 Å². The monoisotopic (exact) mass is 381 g/mol. The minimum absolute atomic E-state index is 0.110. The average Bonchev–Trinajstić information content (AvgIpc) is 2.71. The molecule has 1 fully saturated rings. The lowest BCUT2D eigenvalue weighted by molar-refractivity contribution is 0.0955. The predicted molar refractivity (Wildman–Crippen MR) is 111 cm³/mol. The molecule has 148 valence electrons. The Morgan fingerprint density at radius 3 is 2.61 bits per heavy atom. The first-order chi connectivity index (χ1) is 13.6. The van der Waals surface area contributed by atoms with Crippen molar-refractivity contribution in [2.45, 2.75) is 32.7 Å². The van der Waals surface area contributed by atoms with Crippen LogP contribution in [0.25, 0.3) is 0 Å². The number of pyridine rings is 1. The molecule has 1 aliphatic heterocycles. The molecule has 1 aromatic carbocycles. The number of amides is 3. The van der Waals surface area contributed by atoms with Crippen LogP contribution in [-0.4, -0.2) is 42.6 Å². The van der Waals surface area contributed by atoms with Crippen LogP contribution in [0.5, 0.6) is 0 Å². The molecule has 1 aromatic heterocycles. The smallest absolute Gasteiger partial charge is 0.319 e. The third-order valence-corrected chi connectivity index (χ3v) is 4.88. The van der Waals surface area contributed by atoms with E-state index in [-0.39, 0.29) is 18.0 Å². The van der Waals surface area contributed by atoms with E-state index in [1.807, 2.05) is 32.0 Å². The molecular weight excluding hydrogens is 354 g/mol. The normalized spacial score (nSPS) is 14.4. The van der Waals surface area contributed by atoms with E-state index in [1.54, 1.807) is 24.4 Å². The second-order valence-electron chi connectivity index (χ2n) is 6.94. The minimum Gasteiger partial charge on any atom is -0.356 e. The van der Waals surface area contributed by atoms with Gasteiger partial charge in [-0.3, -0.25) is 4.79 Å². The molecule has 3 N–H and O–H groups in total. The average molecular weight is 381 g/mol. The second-order valence-corrected chi connectivity index (χ2v) is 6.94. The number of rotatable bonds is 5. The van der Waals surface area contributed by atoms with Crippen LogP contribution in [0, 0.1) is 6.92 Å². The van der Waals surface area contributed by atoms with Crippen LogP contribution in [0.2, 0.25) is 0 Å². The molecule has 0 atom stereocenters. The number of anilines is 2. The molecule has 0 saturated carbocycles. The summed E-state index contributed by atoms with van der Waals surface area (Å²) in [6.07, 6.45) is 3.55. The third-order valence-electron chi connectivity index (χ3n) is 4.88. The Kier molecular flexibility index (Phi) is 6.47. The van der Waals surface area contributed by atoms with Crippen molar-refractivity contribution in [2.24, 2.45) is 0 Å². The van der Waals surface area contributed by atoms with Crippen LogP contribution in [0.3, 0.4) is 0 Å². The largest absolute Gasteiger partial charge is 0.356 e. The lowest BCUT2D eigenvalue weighted by atomic mass is 10.1. The maximum absolute atomic E-state index is 12.4. The number of urea groups is 1. The zero-order valence-corrected chi connectivity index (χ0v) is 16.4. The van der Waals surface area contributed by atoms with Gasteiger partial charge < -0.3 is 20.9 Å². The lowest BCUT2D eigenvalue weighted by Crippen LogP contribution is -2.46. The molecule has 1 aliphatic rings. The van der Waals surface area contributed by atoms with Crippen LogP contribution < -0.4 is 20.9 Å². The van der Waals surface area contributed by atoms with E-state index in [1.165, 1.54) is 0 Å². The number of aromatic nitrogens is 1. The molecule has 7 nitrogen and oxygen atoms in total. The van der Waals surface area contributed by atoms with Gasteiger partial charge >= 0.3 is 6.03 Å². The Balaban J connectivity index is 1.50. The molecule has 3 amide bonds. The van der Waals surface area contributed by atoms with Gasteiger partial charge in [-0.1, -0.05) is 6.07 Å². The van der Waals surface area contributed by atoms with Crippen LogP contribution in [-0.2, 0) is 0 Å². The molecule has 1 saturated heterocycles. The van der Waals surface area contributed by atoms with Crippen LogP contribution >= 0.6 is 0 Å². The van der Waals surface area contributed by atoms with Gasteiger partial charge in [-0.15, -0.1) is 0 Å². The van der Waals surface area contributed by atoms with Gasteiger partial charge in [0.2, 0.25) is 0 Å². The number of nitrogens with zero attached hydrogens (tertiary/aromatic N) is 2. The molecule has 0 unspecified atom stereocenters. The van der Waals surface area contributed by atoms with Gasteiger partial charge in [-0.05, 0) is 62.6 Å². The summed E-state index contributed by atoms with van der Waals surface area (Å²) in [6.45, 7) is 6.07. The summed E-state index contributed by atoms with van der Waals surface area (Å²) < 4.78 is 0. The van der Waals surface area contributed by atoms with Crippen molar-refractivity contribution in [2.75, 3.05) is 29.9 Å². The van der Waals surface area contributed by atoms with Crippen molar-refractivity contribution in [1.29, 1.82) is 0 Å². The molecule has 2 aromatic rings. The molecule has 28 heavy (non-hydrogen) atoms. The van der Waals surface area contributed by atoms with E-state index in [2.05, 4.69) is 25.8 Å². The Morgan fingerprint density at radius 1 is 1.18 bits per heavy atom. The Hall–Kier alpha value is -3.09. The van der Waals surface area contributed by atoms with E-state index in [0.29, 0.717) is 17.8 Å². The highest BCUT2D eigenvalue weighted by Gasteiger charge is 2.21. The highest BCUT2D eigenvalue weighted by Crippen LogP contribution is 2.19. The number of hydrogen-bond donors (Lipinski definition) is 3. The second kappa shape index (κ2) is 9.21. The molecule has 0 bridgehead atoms. The number of carbonyl (C=O) groups is 2. The van der Waals surface area contributed by atoms with Crippen molar-refractivity contribution in [3.63, 3.8) is 0 Å². The van der Waals surface area contributed by atoms with Crippen LogP contribution in [0.15, 0.2) is 42.6 Å². The van der Waals surface area contributed by atoms with E-state index in [9.17, 15) is 9.59 Å². The maximum atomic E-state index is 12.4. The van der Waals surface area contributed by atoms with Crippen molar-refractivity contribution >= 4 is 23.4 Å². The van der Waals surface area contributed by atoms with Gasteiger partial charge in [-0.2, -0.15) is 0 Å². The van der Waals surface area contributed by atoms with Crippen molar-refractivity contribution in [3.8, 4) is 0 Å². The molecular formula is C21H27N5O2. The summed E-state index contributed by atoms with van der Waals surface area (Å²) in [7, 11) is 0. The molecule has 0 aliphatic carbocycles. The first-order valence-corrected chi connectivity index (χ1v) is 9.69. The molecule has 3 rings (SSSR count). The van der Waals surface area contributed by atoms with Gasteiger partial charge in [0.25, 0.3) is 5.91 Å².